The van der Waals surface area contributed by atoms with Crippen LogP contribution in [0.15, 0.2) is 48.7 Å². The molecule has 1 saturated heterocycles. The minimum atomic E-state index is 0.0653. The van der Waals surface area contributed by atoms with Crippen LogP contribution in [0.1, 0.15) is 23.2 Å². The maximum absolute atomic E-state index is 13.0. The number of nitrogens with zero attached hydrogens (tertiary/aromatic N) is 4. The van der Waals surface area contributed by atoms with Gasteiger partial charge in [0.05, 0.1) is 27.8 Å². The van der Waals surface area contributed by atoms with Crippen molar-refractivity contribution in [2.75, 3.05) is 32.9 Å². The first-order chi connectivity index (χ1) is 15.0. The first-order valence-electron chi connectivity index (χ1n) is 10.6. The van der Waals surface area contributed by atoms with Crippen molar-refractivity contribution in [1.82, 2.24) is 24.8 Å². The van der Waals surface area contributed by atoms with Gasteiger partial charge < -0.3 is 20.5 Å². The summed E-state index contributed by atoms with van der Waals surface area (Å²) in [7, 11) is 4.20. The van der Waals surface area contributed by atoms with Crippen molar-refractivity contribution in [3.63, 3.8) is 0 Å². The number of benzene rings is 2. The number of imidazole rings is 1. The summed E-state index contributed by atoms with van der Waals surface area (Å²) < 4.78 is 0. The van der Waals surface area contributed by atoms with E-state index < -0.39 is 0 Å². The van der Waals surface area contributed by atoms with Crippen molar-refractivity contribution < 1.29 is 4.79 Å². The van der Waals surface area contributed by atoms with Crippen LogP contribution in [0, 0.1) is 0 Å². The van der Waals surface area contributed by atoms with Gasteiger partial charge in [-0.1, -0.05) is 18.2 Å². The molecule has 1 amide bonds. The van der Waals surface area contributed by atoms with E-state index in [-0.39, 0.29) is 5.91 Å². The van der Waals surface area contributed by atoms with Crippen LogP contribution in [-0.2, 0) is 0 Å². The van der Waals surface area contributed by atoms with Gasteiger partial charge >= 0.3 is 0 Å². The van der Waals surface area contributed by atoms with Gasteiger partial charge in [-0.05, 0) is 51.2 Å². The highest BCUT2D eigenvalue weighted by atomic mass is 16.2. The number of nitrogen functional groups attached to an aromatic ring is 1. The quantitative estimate of drug-likeness (QED) is 0.535. The second kappa shape index (κ2) is 7.67. The zero-order valence-corrected chi connectivity index (χ0v) is 17.8. The minimum absolute atomic E-state index is 0.0653. The molecule has 2 aromatic heterocycles. The third kappa shape index (κ3) is 3.51. The van der Waals surface area contributed by atoms with Crippen molar-refractivity contribution in [3.8, 4) is 11.4 Å². The SMILES string of the molecule is CN(C)C1CCN(C(=O)c2ccc3[nH]c(-c4cnc5ccccc5c4N)nc3c2)CC1. The molecule has 0 unspecified atom stereocenters. The van der Waals surface area contributed by atoms with Gasteiger partial charge in [-0.2, -0.15) is 0 Å². The molecule has 4 aromatic rings. The lowest BCUT2D eigenvalue weighted by Gasteiger charge is -2.35. The average Bonchev–Trinajstić information content (AvgIpc) is 3.22. The number of H-pyrrole nitrogens is 1. The van der Waals surface area contributed by atoms with E-state index in [4.69, 9.17) is 10.7 Å². The van der Waals surface area contributed by atoms with Gasteiger partial charge in [0.2, 0.25) is 0 Å². The van der Waals surface area contributed by atoms with Crippen LogP contribution in [-0.4, -0.2) is 63.9 Å². The molecule has 1 fully saturated rings. The van der Waals surface area contributed by atoms with Gasteiger partial charge in [0.15, 0.2) is 0 Å². The Hall–Kier alpha value is -3.45. The highest BCUT2D eigenvalue weighted by molar-refractivity contribution is 5.99. The summed E-state index contributed by atoms with van der Waals surface area (Å²) >= 11 is 0. The van der Waals surface area contributed by atoms with Crippen LogP contribution in [0.5, 0.6) is 0 Å². The molecule has 0 bridgehead atoms. The molecule has 0 radical (unpaired) electrons. The first-order valence-corrected chi connectivity index (χ1v) is 10.6. The Morgan fingerprint density at radius 2 is 1.90 bits per heavy atom. The largest absolute Gasteiger partial charge is 0.398 e. The van der Waals surface area contributed by atoms with E-state index in [1.54, 1.807) is 6.20 Å². The van der Waals surface area contributed by atoms with Crippen molar-refractivity contribution in [1.29, 1.82) is 0 Å². The number of hydrogen-bond donors (Lipinski definition) is 2. The number of piperidine rings is 1. The molecule has 0 aliphatic carbocycles. The number of nitrogens with one attached hydrogen (secondary N) is 1. The zero-order chi connectivity index (χ0) is 21.5. The molecule has 0 atom stereocenters. The number of aromatic amines is 1. The lowest BCUT2D eigenvalue weighted by Crippen LogP contribution is -2.44. The number of carbonyl (C=O) groups is 1. The number of pyridine rings is 1. The number of fused-ring (bicyclic) bond motifs is 2. The molecule has 3 heterocycles. The van der Waals surface area contributed by atoms with Gasteiger partial charge in [-0.15, -0.1) is 0 Å². The van der Waals surface area contributed by atoms with Gasteiger partial charge in [-0.25, -0.2) is 4.98 Å². The Kier molecular flexibility index (Phi) is 4.82. The summed E-state index contributed by atoms with van der Waals surface area (Å²) in [5.74, 6) is 0.720. The number of aromatic nitrogens is 3. The normalized spacial score (nSPS) is 15.3. The molecule has 1 aliphatic rings. The fraction of sp³-hybridized carbons (Fsp3) is 0.292. The average molecular weight is 415 g/mol. The van der Waals surface area contributed by atoms with E-state index in [1.807, 2.05) is 47.4 Å². The lowest BCUT2D eigenvalue weighted by atomic mass is 10.0. The summed E-state index contributed by atoms with van der Waals surface area (Å²) in [6.07, 6.45) is 3.75. The molecule has 0 spiro atoms. The number of likely N-dealkylation sites (tertiary alicyclic amines) is 1. The third-order valence-electron chi connectivity index (χ3n) is 6.28. The Morgan fingerprint density at radius 3 is 2.68 bits per heavy atom. The number of carbonyl (C=O) groups excluding carboxylic acids is 1. The molecular weight excluding hydrogens is 388 g/mol. The molecule has 158 valence electrons. The zero-order valence-electron chi connectivity index (χ0n) is 17.8. The number of nitrogens with two attached hydrogens (primary N) is 1. The molecular formula is C24H26N6O. The third-order valence-corrected chi connectivity index (χ3v) is 6.28. The van der Waals surface area contributed by atoms with E-state index in [9.17, 15) is 4.79 Å². The van der Waals surface area contributed by atoms with Crippen LogP contribution < -0.4 is 5.73 Å². The van der Waals surface area contributed by atoms with Crippen LogP contribution in [0.25, 0.3) is 33.3 Å². The summed E-state index contributed by atoms with van der Waals surface area (Å²) in [6.45, 7) is 1.57. The van der Waals surface area contributed by atoms with Crippen LogP contribution >= 0.6 is 0 Å². The fourth-order valence-corrected chi connectivity index (χ4v) is 4.39. The molecule has 3 N–H and O–H groups in total. The number of anilines is 1. The molecule has 2 aromatic carbocycles. The first kappa shape index (κ1) is 19.5. The van der Waals surface area contributed by atoms with Gasteiger partial charge in [0.25, 0.3) is 5.91 Å². The summed E-state index contributed by atoms with van der Waals surface area (Å²) in [4.78, 5) is 29.8. The Morgan fingerprint density at radius 1 is 1.13 bits per heavy atom. The maximum atomic E-state index is 13.0. The number of amides is 1. The molecule has 31 heavy (non-hydrogen) atoms. The summed E-state index contributed by atoms with van der Waals surface area (Å²) in [5, 5.41) is 0.900. The highest BCUT2D eigenvalue weighted by Crippen LogP contribution is 2.31. The number of rotatable bonds is 3. The van der Waals surface area contributed by atoms with E-state index in [1.165, 1.54) is 0 Å². The topological polar surface area (TPSA) is 91.1 Å². The van der Waals surface area contributed by atoms with Gasteiger partial charge in [0.1, 0.15) is 5.82 Å². The molecule has 5 rings (SSSR count). The van der Waals surface area contributed by atoms with Gasteiger partial charge in [-0.3, -0.25) is 9.78 Å². The van der Waals surface area contributed by atoms with Crippen LogP contribution in [0.2, 0.25) is 0 Å². The smallest absolute Gasteiger partial charge is 0.253 e. The predicted molar refractivity (Wildman–Crippen MR) is 124 cm³/mol. The van der Waals surface area contributed by atoms with Crippen molar-refractivity contribution >= 4 is 33.5 Å². The van der Waals surface area contributed by atoms with Gasteiger partial charge in [0, 0.05) is 36.3 Å². The van der Waals surface area contributed by atoms with Crippen LogP contribution in [0.3, 0.4) is 0 Å². The van der Waals surface area contributed by atoms with E-state index in [0.29, 0.717) is 23.1 Å². The molecule has 7 nitrogen and oxygen atoms in total. The van der Waals surface area contributed by atoms with Crippen molar-refractivity contribution in [3.05, 3.63) is 54.2 Å². The Bertz CT molecular complexity index is 1270. The standard InChI is InChI=1S/C24H26N6O/c1-29(2)16-9-11-30(12-10-16)24(31)15-7-8-20-21(13-15)28-23(27-20)18-14-26-19-6-4-3-5-17(19)22(18)25/h3-8,13-14,16H,9-12H2,1-2H3,(H2,25,26)(H,27,28). The maximum Gasteiger partial charge on any atom is 0.253 e. The summed E-state index contributed by atoms with van der Waals surface area (Å²) in [5.41, 5.74) is 10.9. The second-order valence-corrected chi connectivity index (χ2v) is 8.41. The number of para-hydroxylation sites is 1. The van der Waals surface area contributed by atoms with E-state index in [0.717, 1.165) is 53.4 Å². The monoisotopic (exact) mass is 414 g/mol. The number of hydrogen-bond acceptors (Lipinski definition) is 5. The molecule has 1 aliphatic heterocycles. The second-order valence-electron chi connectivity index (χ2n) is 8.41. The minimum Gasteiger partial charge on any atom is -0.398 e. The lowest BCUT2D eigenvalue weighted by molar-refractivity contribution is 0.0663. The highest BCUT2D eigenvalue weighted by Gasteiger charge is 2.25. The van der Waals surface area contributed by atoms with E-state index in [2.05, 4.69) is 29.0 Å². The van der Waals surface area contributed by atoms with Crippen molar-refractivity contribution in [2.45, 2.75) is 18.9 Å². The van der Waals surface area contributed by atoms with Crippen LogP contribution in [0.4, 0.5) is 5.69 Å². The fourth-order valence-electron chi connectivity index (χ4n) is 4.39. The summed E-state index contributed by atoms with van der Waals surface area (Å²) in [6, 6.07) is 14.0. The van der Waals surface area contributed by atoms with Crippen molar-refractivity contribution in [2.24, 2.45) is 0 Å². The van der Waals surface area contributed by atoms with E-state index >= 15 is 0 Å². The molecule has 0 saturated carbocycles. The Labute approximate surface area is 180 Å². The Balaban J connectivity index is 1.43. The predicted octanol–water partition coefficient (Wildman–Crippen LogP) is 3.53. The molecule has 7 heteroatoms.